The van der Waals surface area contributed by atoms with E-state index in [1.54, 1.807) is 5.32 Å². The molecule has 1 N–H and O–H groups in total. The van der Waals surface area contributed by atoms with Gasteiger partial charge in [0.25, 0.3) is 5.91 Å². The van der Waals surface area contributed by atoms with Gasteiger partial charge in [0.05, 0.1) is 5.56 Å². The minimum atomic E-state index is -4.53. The minimum absolute atomic E-state index is 0.00822. The lowest BCUT2D eigenvalue weighted by Crippen LogP contribution is -2.36. The van der Waals surface area contributed by atoms with Crippen LogP contribution >= 0.6 is 23.2 Å². The molecule has 0 atom stereocenters. The Morgan fingerprint density at radius 2 is 1.70 bits per heavy atom. The molecule has 0 bridgehead atoms. The van der Waals surface area contributed by atoms with Gasteiger partial charge in [-0.25, -0.2) is 4.79 Å². The number of nitrogens with one attached hydrogen (secondary N) is 1. The van der Waals surface area contributed by atoms with Gasteiger partial charge in [-0.1, -0.05) is 23.2 Å². The van der Waals surface area contributed by atoms with E-state index in [2.05, 4.69) is 4.74 Å². The van der Waals surface area contributed by atoms with Crippen molar-refractivity contribution in [3.63, 3.8) is 0 Å². The van der Waals surface area contributed by atoms with E-state index in [1.165, 1.54) is 18.2 Å². The first-order chi connectivity index (χ1) is 9.17. The van der Waals surface area contributed by atoms with Crippen LogP contribution in [0, 0.1) is 0 Å². The number of rotatable bonds is 4. The van der Waals surface area contributed by atoms with Crippen molar-refractivity contribution >= 4 is 35.1 Å². The standard InChI is InChI=1S/C11H8Cl2F3NO3/c12-7-1-6(2-8(13)3-7)10(19)20-4-9(18)17-5-11(14,15)16/h1-3H,4-5H2,(H,17,18). The molecule has 0 aliphatic heterocycles. The third-order valence-electron chi connectivity index (χ3n) is 1.92. The van der Waals surface area contributed by atoms with E-state index in [-0.39, 0.29) is 15.6 Å². The molecule has 1 rings (SSSR count). The zero-order valence-electron chi connectivity index (χ0n) is 9.76. The maximum atomic E-state index is 11.8. The van der Waals surface area contributed by atoms with Gasteiger partial charge < -0.3 is 10.1 Å². The Labute approximate surface area is 121 Å². The monoisotopic (exact) mass is 329 g/mol. The molecule has 0 aromatic heterocycles. The quantitative estimate of drug-likeness (QED) is 0.864. The second-order valence-electron chi connectivity index (χ2n) is 3.63. The number of benzene rings is 1. The highest BCUT2D eigenvalue weighted by Crippen LogP contribution is 2.19. The third kappa shape index (κ3) is 6.12. The number of alkyl halides is 3. The molecule has 0 saturated heterocycles. The van der Waals surface area contributed by atoms with Crippen LogP contribution in [-0.4, -0.2) is 31.2 Å². The number of ether oxygens (including phenoxy) is 1. The Balaban J connectivity index is 2.49. The second kappa shape index (κ2) is 6.81. The lowest BCUT2D eigenvalue weighted by molar-refractivity contribution is -0.140. The van der Waals surface area contributed by atoms with Crippen molar-refractivity contribution in [2.45, 2.75) is 6.18 Å². The molecule has 1 aromatic rings. The number of carbonyl (C=O) groups is 2. The number of halogens is 5. The first kappa shape index (κ1) is 16.6. The van der Waals surface area contributed by atoms with Crippen LogP contribution < -0.4 is 5.32 Å². The summed E-state index contributed by atoms with van der Waals surface area (Å²) >= 11 is 11.3. The van der Waals surface area contributed by atoms with E-state index in [4.69, 9.17) is 23.2 Å². The number of amides is 1. The van der Waals surface area contributed by atoms with Crippen LogP contribution in [0.2, 0.25) is 10.0 Å². The highest BCUT2D eigenvalue weighted by molar-refractivity contribution is 6.35. The molecule has 9 heteroatoms. The number of hydrogen-bond acceptors (Lipinski definition) is 3. The maximum absolute atomic E-state index is 11.8. The molecule has 0 saturated carbocycles. The number of esters is 1. The molecular weight excluding hydrogens is 322 g/mol. The zero-order chi connectivity index (χ0) is 15.3. The van der Waals surface area contributed by atoms with Crippen LogP contribution in [0.25, 0.3) is 0 Å². The van der Waals surface area contributed by atoms with E-state index in [0.29, 0.717) is 0 Å². The predicted octanol–water partition coefficient (Wildman–Crippen LogP) is 2.83. The van der Waals surface area contributed by atoms with Crippen molar-refractivity contribution in [1.29, 1.82) is 0 Å². The van der Waals surface area contributed by atoms with Gasteiger partial charge in [0, 0.05) is 10.0 Å². The van der Waals surface area contributed by atoms with Crippen molar-refractivity contribution in [3.8, 4) is 0 Å². The summed E-state index contributed by atoms with van der Waals surface area (Å²) in [6.45, 7) is -2.33. The zero-order valence-corrected chi connectivity index (χ0v) is 11.3. The van der Waals surface area contributed by atoms with E-state index in [9.17, 15) is 22.8 Å². The summed E-state index contributed by atoms with van der Waals surface area (Å²) in [6.07, 6.45) is -4.53. The minimum Gasteiger partial charge on any atom is -0.452 e. The normalized spacial score (nSPS) is 11.1. The third-order valence-corrected chi connectivity index (χ3v) is 2.36. The van der Waals surface area contributed by atoms with Gasteiger partial charge in [0.1, 0.15) is 6.54 Å². The highest BCUT2D eigenvalue weighted by atomic mass is 35.5. The van der Waals surface area contributed by atoms with Crippen molar-refractivity contribution in [2.24, 2.45) is 0 Å². The van der Waals surface area contributed by atoms with Gasteiger partial charge in [-0.2, -0.15) is 13.2 Å². The van der Waals surface area contributed by atoms with E-state index in [0.717, 1.165) is 0 Å². The molecule has 0 spiro atoms. The van der Waals surface area contributed by atoms with E-state index < -0.39 is 31.2 Å². The Morgan fingerprint density at radius 1 is 1.15 bits per heavy atom. The molecule has 0 heterocycles. The molecule has 0 aliphatic carbocycles. The van der Waals surface area contributed by atoms with Crippen LogP contribution in [0.4, 0.5) is 13.2 Å². The van der Waals surface area contributed by atoms with Gasteiger partial charge in [0.15, 0.2) is 6.61 Å². The van der Waals surface area contributed by atoms with Crippen molar-refractivity contribution in [2.75, 3.05) is 13.2 Å². The lowest BCUT2D eigenvalue weighted by Gasteiger charge is -2.09. The van der Waals surface area contributed by atoms with Gasteiger partial charge in [-0.15, -0.1) is 0 Å². The fourth-order valence-corrected chi connectivity index (χ4v) is 1.66. The second-order valence-corrected chi connectivity index (χ2v) is 4.50. The molecule has 110 valence electrons. The number of carbonyl (C=O) groups excluding carboxylic acids is 2. The molecular formula is C11H8Cl2F3NO3. The van der Waals surface area contributed by atoms with Gasteiger partial charge in [0.2, 0.25) is 0 Å². The SMILES string of the molecule is O=C(COC(=O)c1cc(Cl)cc(Cl)c1)NCC(F)(F)F. The summed E-state index contributed by atoms with van der Waals surface area (Å²) in [6, 6.07) is 3.89. The van der Waals surface area contributed by atoms with Crippen LogP contribution in [-0.2, 0) is 9.53 Å². The lowest BCUT2D eigenvalue weighted by atomic mass is 10.2. The Morgan fingerprint density at radius 3 is 2.20 bits per heavy atom. The summed E-state index contributed by atoms with van der Waals surface area (Å²) in [7, 11) is 0. The first-order valence-electron chi connectivity index (χ1n) is 5.14. The summed E-state index contributed by atoms with van der Waals surface area (Å²) in [5.41, 5.74) is -0.00822. The fraction of sp³-hybridized carbons (Fsp3) is 0.273. The van der Waals surface area contributed by atoms with Crippen LogP contribution in [0.15, 0.2) is 18.2 Å². The van der Waals surface area contributed by atoms with Gasteiger partial charge in [-0.05, 0) is 18.2 Å². The van der Waals surface area contributed by atoms with E-state index in [1.807, 2.05) is 0 Å². The average Bonchev–Trinajstić information content (AvgIpc) is 2.31. The van der Waals surface area contributed by atoms with Crippen LogP contribution in [0.3, 0.4) is 0 Å². The molecule has 1 aromatic carbocycles. The molecule has 0 radical (unpaired) electrons. The largest absolute Gasteiger partial charge is 0.452 e. The fourth-order valence-electron chi connectivity index (χ4n) is 1.14. The van der Waals surface area contributed by atoms with Crippen molar-refractivity contribution in [1.82, 2.24) is 5.32 Å². The molecule has 4 nitrogen and oxygen atoms in total. The summed E-state index contributed by atoms with van der Waals surface area (Å²) < 4.78 is 40.0. The molecule has 0 unspecified atom stereocenters. The summed E-state index contributed by atoms with van der Waals surface area (Å²) in [5, 5.41) is 1.93. The van der Waals surface area contributed by atoms with Crippen LogP contribution in [0.1, 0.15) is 10.4 Å². The highest BCUT2D eigenvalue weighted by Gasteiger charge is 2.27. The van der Waals surface area contributed by atoms with Crippen LogP contribution in [0.5, 0.6) is 0 Å². The smallest absolute Gasteiger partial charge is 0.405 e. The first-order valence-corrected chi connectivity index (χ1v) is 5.89. The number of hydrogen-bond donors (Lipinski definition) is 1. The Kier molecular flexibility index (Phi) is 5.64. The molecule has 0 aliphatic rings. The predicted molar refractivity (Wildman–Crippen MR) is 65.8 cm³/mol. The Bertz CT molecular complexity index is 500. The molecule has 20 heavy (non-hydrogen) atoms. The van der Waals surface area contributed by atoms with Crippen molar-refractivity contribution in [3.05, 3.63) is 33.8 Å². The summed E-state index contributed by atoms with van der Waals surface area (Å²) in [5.74, 6) is -1.99. The molecule has 1 amide bonds. The average molecular weight is 330 g/mol. The Hall–Kier alpha value is -1.47. The van der Waals surface area contributed by atoms with Crippen molar-refractivity contribution < 1.29 is 27.5 Å². The van der Waals surface area contributed by atoms with E-state index >= 15 is 0 Å². The summed E-state index contributed by atoms with van der Waals surface area (Å²) in [4.78, 5) is 22.5. The maximum Gasteiger partial charge on any atom is 0.405 e. The van der Waals surface area contributed by atoms with Gasteiger partial charge in [-0.3, -0.25) is 4.79 Å². The molecule has 0 fully saturated rings. The topological polar surface area (TPSA) is 55.4 Å². The van der Waals surface area contributed by atoms with Gasteiger partial charge >= 0.3 is 12.1 Å².